The predicted octanol–water partition coefficient (Wildman–Crippen LogP) is 3.34. The fourth-order valence-electron chi connectivity index (χ4n) is 2.99. The third-order valence-electron chi connectivity index (χ3n) is 4.35. The van der Waals surface area contributed by atoms with E-state index in [-0.39, 0.29) is 17.4 Å². The monoisotopic (exact) mass is 372 g/mol. The van der Waals surface area contributed by atoms with Gasteiger partial charge in [0.05, 0.1) is 17.6 Å². The molecule has 9 nitrogen and oxygen atoms in total. The van der Waals surface area contributed by atoms with Gasteiger partial charge in [-0.15, -0.1) is 0 Å². The van der Waals surface area contributed by atoms with Crippen LogP contribution in [0, 0.1) is 10.1 Å². The van der Waals surface area contributed by atoms with Crippen LogP contribution in [0.3, 0.4) is 0 Å². The van der Waals surface area contributed by atoms with Crippen LogP contribution in [0.25, 0.3) is 0 Å². The van der Waals surface area contributed by atoms with E-state index in [4.69, 9.17) is 4.74 Å². The zero-order valence-corrected chi connectivity index (χ0v) is 15.0. The Morgan fingerprint density at radius 1 is 1.11 bits per heavy atom. The van der Waals surface area contributed by atoms with Crippen LogP contribution in [-0.2, 0) is 4.74 Å². The highest BCUT2D eigenvalue weighted by Gasteiger charge is 2.29. The summed E-state index contributed by atoms with van der Waals surface area (Å²) in [5, 5.41) is 11.7. The van der Waals surface area contributed by atoms with Crippen molar-refractivity contribution >= 4 is 17.5 Å². The molecule has 1 aliphatic heterocycles. The second-order valence-corrected chi connectivity index (χ2v) is 6.13. The number of aromatic nitrogens is 2. The largest absolute Gasteiger partial charge is 0.465 e. The van der Waals surface area contributed by atoms with Gasteiger partial charge in [-0.05, 0) is 37.1 Å². The van der Waals surface area contributed by atoms with E-state index in [9.17, 15) is 14.9 Å². The molecule has 3 rings (SSSR count). The quantitative estimate of drug-likeness (QED) is 0.447. The van der Waals surface area contributed by atoms with Gasteiger partial charge in [0.25, 0.3) is 0 Å². The summed E-state index contributed by atoms with van der Waals surface area (Å²) in [6, 6.07) is 6.10. The van der Waals surface area contributed by atoms with Crippen molar-refractivity contribution in [1.82, 2.24) is 9.97 Å². The Balaban J connectivity index is 1.89. The van der Waals surface area contributed by atoms with Crippen molar-refractivity contribution in [3.05, 3.63) is 46.3 Å². The number of carbonyl (C=O) groups excluding carboxylic acids is 1. The molecule has 1 aromatic carbocycles. The Morgan fingerprint density at radius 2 is 1.78 bits per heavy atom. The number of methoxy groups -OCH3 is 1. The van der Waals surface area contributed by atoms with Gasteiger partial charge in [-0.3, -0.25) is 10.1 Å². The molecule has 0 saturated carbocycles. The van der Waals surface area contributed by atoms with Crippen LogP contribution in [0.5, 0.6) is 11.6 Å². The molecule has 0 bridgehead atoms. The molecular formula is C18H20N4O5. The van der Waals surface area contributed by atoms with Crippen LogP contribution in [0.2, 0.25) is 0 Å². The summed E-state index contributed by atoms with van der Waals surface area (Å²) in [7, 11) is 1.29. The van der Waals surface area contributed by atoms with Crippen molar-refractivity contribution in [3.8, 4) is 11.6 Å². The Morgan fingerprint density at radius 3 is 2.37 bits per heavy atom. The average molecular weight is 372 g/mol. The van der Waals surface area contributed by atoms with Crippen LogP contribution in [0.1, 0.15) is 36.0 Å². The first-order valence-electron chi connectivity index (χ1n) is 8.70. The van der Waals surface area contributed by atoms with Crippen molar-refractivity contribution in [1.29, 1.82) is 0 Å². The SMILES string of the molecule is COC(=O)c1ccc(Oc2ncnc(N3CCCCCC3)c2[N+](=O)[O-])cc1. The minimum absolute atomic E-state index is 0.125. The number of carbonyl (C=O) groups is 1. The molecule has 0 radical (unpaired) electrons. The number of hydrogen-bond acceptors (Lipinski definition) is 8. The van der Waals surface area contributed by atoms with E-state index in [1.54, 1.807) is 0 Å². The van der Waals surface area contributed by atoms with Gasteiger partial charge in [-0.2, -0.15) is 4.98 Å². The van der Waals surface area contributed by atoms with Crippen molar-refractivity contribution in [3.63, 3.8) is 0 Å². The lowest BCUT2D eigenvalue weighted by atomic mass is 10.2. The number of ether oxygens (including phenoxy) is 2. The standard InChI is InChI=1S/C18H20N4O5/c1-26-18(23)13-6-8-14(9-7-13)27-17-15(22(24)25)16(19-12-20-17)21-10-4-2-3-5-11-21/h6-9,12H,2-5,10-11H2,1H3. The molecule has 1 saturated heterocycles. The molecule has 0 spiro atoms. The van der Waals surface area contributed by atoms with E-state index in [0.29, 0.717) is 24.4 Å². The summed E-state index contributed by atoms with van der Waals surface area (Å²) in [5.41, 5.74) is 0.101. The molecule has 1 aromatic heterocycles. The fourth-order valence-corrected chi connectivity index (χ4v) is 2.99. The molecule has 142 valence electrons. The first-order chi connectivity index (χ1) is 13.1. The highest BCUT2D eigenvalue weighted by molar-refractivity contribution is 5.89. The molecule has 0 aliphatic carbocycles. The van der Waals surface area contributed by atoms with Crippen molar-refractivity contribution < 1.29 is 19.2 Å². The number of nitrogens with zero attached hydrogens (tertiary/aromatic N) is 4. The van der Waals surface area contributed by atoms with Gasteiger partial charge in [0.2, 0.25) is 5.82 Å². The number of hydrogen-bond donors (Lipinski definition) is 0. The molecule has 27 heavy (non-hydrogen) atoms. The Kier molecular flexibility index (Phi) is 5.80. The molecule has 9 heteroatoms. The number of esters is 1. The predicted molar refractivity (Wildman–Crippen MR) is 97.2 cm³/mol. The summed E-state index contributed by atoms with van der Waals surface area (Å²) in [4.78, 5) is 32.7. The molecule has 0 N–H and O–H groups in total. The van der Waals surface area contributed by atoms with E-state index >= 15 is 0 Å². The Hall–Kier alpha value is -3.23. The normalized spacial score (nSPS) is 14.3. The number of rotatable bonds is 5. The summed E-state index contributed by atoms with van der Waals surface area (Å²) < 4.78 is 10.3. The molecule has 1 aliphatic rings. The van der Waals surface area contributed by atoms with Crippen LogP contribution in [0.15, 0.2) is 30.6 Å². The second-order valence-electron chi connectivity index (χ2n) is 6.13. The van der Waals surface area contributed by atoms with E-state index < -0.39 is 10.9 Å². The number of anilines is 1. The van der Waals surface area contributed by atoms with Gasteiger partial charge in [-0.1, -0.05) is 12.8 Å². The highest BCUT2D eigenvalue weighted by Crippen LogP contribution is 2.36. The minimum Gasteiger partial charge on any atom is -0.465 e. The summed E-state index contributed by atoms with van der Waals surface area (Å²) in [6.07, 6.45) is 5.40. The van der Waals surface area contributed by atoms with E-state index in [0.717, 1.165) is 25.7 Å². The summed E-state index contributed by atoms with van der Waals surface area (Å²) >= 11 is 0. The molecule has 2 aromatic rings. The molecule has 0 atom stereocenters. The average Bonchev–Trinajstić information content (AvgIpc) is 2.97. The van der Waals surface area contributed by atoms with Gasteiger partial charge in [0, 0.05) is 13.1 Å². The lowest BCUT2D eigenvalue weighted by Crippen LogP contribution is -2.26. The Bertz CT molecular complexity index is 817. The van der Waals surface area contributed by atoms with E-state index in [2.05, 4.69) is 14.7 Å². The van der Waals surface area contributed by atoms with Gasteiger partial charge in [0.1, 0.15) is 12.1 Å². The molecule has 0 amide bonds. The van der Waals surface area contributed by atoms with E-state index in [1.807, 2.05) is 4.90 Å². The van der Waals surface area contributed by atoms with Crippen molar-refractivity contribution in [2.24, 2.45) is 0 Å². The van der Waals surface area contributed by atoms with Crippen LogP contribution in [0.4, 0.5) is 11.5 Å². The maximum Gasteiger partial charge on any atom is 0.373 e. The fraction of sp³-hybridized carbons (Fsp3) is 0.389. The first kappa shape index (κ1) is 18.6. The molecule has 2 heterocycles. The first-order valence-corrected chi connectivity index (χ1v) is 8.70. The van der Waals surface area contributed by atoms with E-state index in [1.165, 1.54) is 37.7 Å². The third-order valence-corrected chi connectivity index (χ3v) is 4.35. The van der Waals surface area contributed by atoms with Gasteiger partial charge < -0.3 is 14.4 Å². The Labute approximate surface area is 156 Å². The maximum atomic E-state index is 11.7. The van der Waals surface area contributed by atoms with Gasteiger partial charge in [-0.25, -0.2) is 9.78 Å². The van der Waals surface area contributed by atoms with Crippen LogP contribution >= 0.6 is 0 Å². The number of benzene rings is 1. The minimum atomic E-state index is -0.515. The summed E-state index contributed by atoms with van der Waals surface area (Å²) in [6.45, 7) is 1.43. The lowest BCUT2D eigenvalue weighted by molar-refractivity contribution is -0.385. The highest BCUT2D eigenvalue weighted by atomic mass is 16.6. The number of nitro groups is 1. The van der Waals surface area contributed by atoms with Crippen molar-refractivity contribution in [2.45, 2.75) is 25.7 Å². The van der Waals surface area contributed by atoms with Gasteiger partial charge in [0.15, 0.2) is 0 Å². The topological polar surface area (TPSA) is 108 Å². The van der Waals surface area contributed by atoms with Crippen molar-refractivity contribution in [2.75, 3.05) is 25.1 Å². The summed E-state index contributed by atoms with van der Waals surface area (Å²) in [5.74, 6) is 0.00225. The zero-order valence-electron chi connectivity index (χ0n) is 15.0. The third kappa shape index (κ3) is 4.30. The maximum absolute atomic E-state index is 11.7. The second kappa shape index (κ2) is 8.43. The smallest absolute Gasteiger partial charge is 0.373 e. The molecule has 0 unspecified atom stereocenters. The lowest BCUT2D eigenvalue weighted by Gasteiger charge is -2.21. The van der Waals surface area contributed by atoms with Crippen LogP contribution < -0.4 is 9.64 Å². The molecule has 1 fully saturated rings. The van der Waals surface area contributed by atoms with Gasteiger partial charge >= 0.3 is 17.5 Å². The van der Waals surface area contributed by atoms with Crippen LogP contribution in [-0.4, -0.2) is 41.1 Å². The zero-order chi connectivity index (χ0) is 19.2. The molecular weight excluding hydrogens is 352 g/mol.